The van der Waals surface area contributed by atoms with Gasteiger partial charge in [0, 0.05) is 24.9 Å². The second-order valence-electron chi connectivity index (χ2n) is 5.30. The molecule has 1 aromatic rings. The number of benzene rings is 1. The van der Waals surface area contributed by atoms with Crippen LogP contribution in [0.2, 0.25) is 0 Å². The van der Waals surface area contributed by atoms with Crippen LogP contribution in [-0.2, 0) is 9.84 Å². The number of hydrogen-bond donors (Lipinski definition) is 1. The van der Waals surface area contributed by atoms with Gasteiger partial charge in [0.1, 0.15) is 9.84 Å². The van der Waals surface area contributed by atoms with Crippen molar-refractivity contribution >= 4 is 9.84 Å². The van der Waals surface area contributed by atoms with E-state index in [0.717, 1.165) is 6.54 Å². The molecule has 0 aliphatic rings. The minimum atomic E-state index is -2.92. The topological polar surface area (TPSA) is 49.4 Å². The molecule has 4 nitrogen and oxygen atoms in total. The highest BCUT2D eigenvalue weighted by Gasteiger charge is 2.22. The molecule has 5 heteroatoms. The first kappa shape index (κ1) is 17.1. The molecule has 1 aromatic carbocycles. The van der Waals surface area contributed by atoms with Gasteiger partial charge in [-0.05, 0) is 26.1 Å². The summed E-state index contributed by atoms with van der Waals surface area (Å²) in [5.74, 6) is 0.196. The van der Waals surface area contributed by atoms with Gasteiger partial charge in [0.05, 0.1) is 5.75 Å². The van der Waals surface area contributed by atoms with Crippen molar-refractivity contribution in [1.29, 1.82) is 0 Å². The van der Waals surface area contributed by atoms with Gasteiger partial charge in [0.15, 0.2) is 0 Å². The number of nitrogens with one attached hydrogen (secondary N) is 1. The molecular weight excluding hydrogens is 272 g/mol. The lowest BCUT2D eigenvalue weighted by Gasteiger charge is -2.32. The van der Waals surface area contributed by atoms with Crippen LogP contribution in [0.1, 0.15) is 25.5 Å². The first-order chi connectivity index (χ1) is 9.35. The van der Waals surface area contributed by atoms with E-state index in [2.05, 4.69) is 36.2 Å². The van der Waals surface area contributed by atoms with Gasteiger partial charge in [-0.3, -0.25) is 0 Å². The summed E-state index contributed by atoms with van der Waals surface area (Å²) in [6, 6.07) is 10.7. The van der Waals surface area contributed by atoms with E-state index < -0.39 is 9.84 Å². The lowest BCUT2D eigenvalue weighted by molar-refractivity contribution is 0.218. The van der Waals surface area contributed by atoms with Crippen molar-refractivity contribution in [3.8, 4) is 0 Å². The third-order valence-corrected chi connectivity index (χ3v) is 4.50. The van der Waals surface area contributed by atoms with Crippen molar-refractivity contribution in [2.24, 2.45) is 0 Å². The molecule has 0 heterocycles. The fourth-order valence-corrected chi connectivity index (χ4v) is 2.83. The van der Waals surface area contributed by atoms with E-state index in [-0.39, 0.29) is 17.8 Å². The summed E-state index contributed by atoms with van der Waals surface area (Å²) in [7, 11) is -0.942. The molecule has 0 saturated heterocycles. The lowest BCUT2D eigenvalue weighted by Crippen LogP contribution is -2.42. The first-order valence-electron chi connectivity index (χ1n) is 7.01. The van der Waals surface area contributed by atoms with Gasteiger partial charge in [-0.2, -0.15) is 0 Å². The Morgan fingerprint density at radius 2 is 1.85 bits per heavy atom. The fourth-order valence-electron chi connectivity index (χ4n) is 2.22. The highest BCUT2D eigenvalue weighted by molar-refractivity contribution is 7.90. The van der Waals surface area contributed by atoms with E-state index in [1.165, 1.54) is 11.8 Å². The van der Waals surface area contributed by atoms with Crippen LogP contribution in [0.4, 0.5) is 0 Å². The summed E-state index contributed by atoms with van der Waals surface area (Å²) in [5.41, 5.74) is 1.23. The van der Waals surface area contributed by atoms with E-state index in [0.29, 0.717) is 6.54 Å². The summed E-state index contributed by atoms with van der Waals surface area (Å²) < 4.78 is 22.6. The molecule has 20 heavy (non-hydrogen) atoms. The highest BCUT2D eigenvalue weighted by atomic mass is 32.2. The van der Waals surface area contributed by atoms with Gasteiger partial charge in [-0.25, -0.2) is 8.42 Å². The lowest BCUT2D eigenvalue weighted by atomic mass is 9.99. The molecule has 0 saturated carbocycles. The maximum atomic E-state index is 11.3. The van der Waals surface area contributed by atoms with E-state index in [4.69, 9.17) is 0 Å². The molecule has 2 unspecified atom stereocenters. The normalized spacial score (nSPS) is 15.2. The van der Waals surface area contributed by atoms with Gasteiger partial charge in [0.25, 0.3) is 0 Å². The van der Waals surface area contributed by atoms with Gasteiger partial charge in [0.2, 0.25) is 0 Å². The van der Waals surface area contributed by atoms with Crippen LogP contribution < -0.4 is 5.32 Å². The smallest absolute Gasteiger partial charge is 0.148 e. The quantitative estimate of drug-likeness (QED) is 0.794. The third kappa shape index (κ3) is 5.61. The number of hydrogen-bond acceptors (Lipinski definition) is 4. The predicted molar refractivity (Wildman–Crippen MR) is 84.7 cm³/mol. The van der Waals surface area contributed by atoms with Crippen LogP contribution in [0.25, 0.3) is 0 Å². The Balaban J connectivity index is 2.76. The van der Waals surface area contributed by atoms with Crippen LogP contribution in [0.3, 0.4) is 0 Å². The fraction of sp³-hybridized carbons (Fsp3) is 0.600. The largest absolute Gasteiger partial charge is 0.309 e. The molecule has 0 aromatic heterocycles. The Labute approximate surface area is 123 Å². The zero-order valence-corrected chi connectivity index (χ0v) is 13.7. The maximum absolute atomic E-state index is 11.3. The van der Waals surface area contributed by atoms with Crippen molar-refractivity contribution in [2.45, 2.75) is 25.9 Å². The maximum Gasteiger partial charge on any atom is 0.148 e. The van der Waals surface area contributed by atoms with Crippen LogP contribution in [0, 0.1) is 0 Å². The van der Waals surface area contributed by atoms with Crippen LogP contribution >= 0.6 is 0 Å². The highest BCUT2D eigenvalue weighted by Crippen LogP contribution is 2.20. The van der Waals surface area contributed by atoms with Gasteiger partial charge in [-0.15, -0.1) is 0 Å². The standard InChI is InChI=1S/C15H26N2O2S/c1-5-16-15(14-9-7-6-8-10-14)13(2)17(3)11-12-20(4,18)19/h6-10,13,15-16H,5,11-12H2,1-4H3. The van der Waals surface area contributed by atoms with Gasteiger partial charge < -0.3 is 10.2 Å². The second-order valence-corrected chi connectivity index (χ2v) is 7.56. The van der Waals surface area contributed by atoms with Crippen molar-refractivity contribution in [3.05, 3.63) is 35.9 Å². The molecule has 0 aliphatic heterocycles. The number of nitrogens with zero attached hydrogens (tertiary/aromatic N) is 1. The zero-order valence-electron chi connectivity index (χ0n) is 12.8. The zero-order chi connectivity index (χ0) is 15.2. The molecule has 0 amide bonds. The summed E-state index contributed by atoms with van der Waals surface area (Å²) in [5, 5.41) is 3.49. The minimum absolute atomic E-state index is 0.196. The Bertz CT molecular complexity index is 488. The number of likely N-dealkylation sites (N-methyl/N-ethyl adjacent to an activating group) is 2. The van der Waals surface area contributed by atoms with Crippen LogP contribution in [-0.4, -0.2) is 51.5 Å². The van der Waals surface area contributed by atoms with E-state index >= 15 is 0 Å². The Kier molecular flexibility index (Phi) is 6.65. The number of rotatable bonds is 8. The summed E-state index contributed by atoms with van der Waals surface area (Å²) >= 11 is 0. The molecule has 0 spiro atoms. The molecule has 0 bridgehead atoms. The average molecular weight is 298 g/mol. The molecule has 1 rings (SSSR count). The third-order valence-electron chi connectivity index (χ3n) is 3.58. The minimum Gasteiger partial charge on any atom is -0.309 e. The van der Waals surface area contributed by atoms with E-state index in [1.54, 1.807) is 0 Å². The molecule has 2 atom stereocenters. The monoisotopic (exact) mass is 298 g/mol. The molecule has 0 aliphatic carbocycles. The summed E-state index contributed by atoms with van der Waals surface area (Å²) in [4.78, 5) is 2.10. The molecule has 1 N–H and O–H groups in total. The van der Waals surface area contributed by atoms with Crippen molar-refractivity contribution in [2.75, 3.05) is 32.1 Å². The van der Waals surface area contributed by atoms with E-state index in [1.807, 2.05) is 25.2 Å². The first-order valence-corrected chi connectivity index (χ1v) is 9.07. The Hall–Kier alpha value is -0.910. The van der Waals surface area contributed by atoms with Crippen molar-refractivity contribution in [3.63, 3.8) is 0 Å². The molecule has 0 radical (unpaired) electrons. The number of sulfone groups is 1. The molecule has 0 fully saturated rings. The summed E-state index contributed by atoms with van der Waals surface area (Å²) in [6.07, 6.45) is 1.28. The molecule has 114 valence electrons. The van der Waals surface area contributed by atoms with Crippen molar-refractivity contribution in [1.82, 2.24) is 10.2 Å². The van der Waals surface area contributed by atoms with E-state index in [9.17, 15) is 8.42 Å². The predicted octanol–water partition coefficient (Wildman–Crippen LogP) is 1.70. The average Bonchev–Trinajstić information content (AvgIpc) is 2.41. The van der Waals surface area contributed by atoms with Crippen LogP contribution in [0.5, 0.6) is 0 Å². The van der Waals surface area contributed by atoms with Gasteiger partial charge in [-0.1, -0.05) is 37.3 Å². The SMILES string of the molecule is CCNC(c1ccccc1)C(C)N(C)CCS(C)(=O)=O. The molecular formula is C15H26N2O2S. The van der Waals surface area contributed by atoms with Crippen LogP contribution in [0.15, 0.2) is 30.3 Å². The summed E-state index contributed by atoms with van der Waals surface area (Å²) in [6.45, 7) is 5.64. The Morgan fingerprint density at radius 1 is 1.25 bits per heavy atom. The second kappa shape index (κ2) is 7.76. The Morgan fingerprint density at radius 3 is 2.35 bits per heavy atom. The van der Waals surface area contributed by atoms with Crippen molar-refractivity contribution < 1.29 is 8.42 Å². The van der Waals surface area contributed by atoms with Gasteiger partial charge >= 0.3 is 0 Å².